The molecule has 5 heteroatoms. The summed E-state index contributed by atoms with van der Waals surface area (Å²) < 4.78 is 6.99. The van der Waals surface area contributed by atoms with Crippen molar-refractivity contribution in [3.63, 3.8) is 0 Å². The lowest BCUT2D eigenvalue weighted by atomic mass is 9.91. The van der Waals surface area contributed by atoms with E-state index < -0.39 is 0 Å². The summed E-state index contributed by atoms with van der Waals surface area (Å²) in [5.74, 6) is 0. The molecule has 0 amide bonds. The van der Waals surface area contributed by atoms with Crippen LogP contribution in [0, 0.1) is 16.7 Å². The van der Waals surface area contributed by atoms with Crippen LogP contribution in [0.5, 0.6) is 0 Å². The van der Waals surface area contributed by atoms with Gasteiger partial charge in [-0.25, -0.2) is 4.98 Å². The lowest BCUT2D eigenvalue weighted by Gasteiger charge is -2.14. The summed E-state index contributed by atoms with van der Waals surface area (Å²) in [5.41, 5.74) is 0.738. The van der Waals surface area contributed by atoms with E-state index in [9.17, 15) is 0 Å². The Hall–Kier alpha value is -1.38. The summed E-state index contributed by atoms with van der Waals surface area (Å²) in [6, 6.07) is 2.31. The molecule has 0 unspecified atom stereocenters. The molecule has 1 aromatic rings. The number of nitriles is 1. The van der Waals surface area contributed by atoms with Crippen LogP contribution in [-0.2, 0) is 17.8 Å². The Balaban J connectivity index is 2.33. The lowest BCUT2D eigenvalue weighted by Crippen LogP contribution is -2.18. The standard InChI is InChI=1S/C13H22N4O/c1-13(2,10-14)4-6-17-9-12(16-11-17)8-15-5-7-18-3/h9,11,15H,4-8H2,1-3H3. The quantitative estimate of drug-likeness (QED) is 0.711. The smallest absolute Gasteiger partial charge is 0.0949 e. The first-order valence-electron chi connectivity index (χ1n) is 6.19. The normalized spacial score (nSPS) is 11.4. The van der Waals surface area contributed by atoms with Crippen molar-refractivity contribution in [3.8, 4) is 6.07 Å². The molecule has 0 aliphatic rings. The second-order valence-electron chi connectivity index (χ2n) is 5.02. The van der Waals surface area contributed by atoms with Crippen LogP contribution in [0.1, 0.15) is 26.0 Å². The fourth-order valence-corrected chi connectivity index (χ4v) is 1.48. The van der Waals surface area contributed by atoms with Crippen molar-refractivity contribution in [1.29, 1.82) is 5.26 Å². The van der Waals surface area contributed by atoms with Gasteiger partial charge in [-0.15, -0.1) is 0 Å². The van der Waals surface area contributed by atoms with Gasteiger partial charge < -0.3 is 14.6 Å². The number of nitrogens with one attached hydrogen (secondary N) is 1. The molecule has 0 saturated carbocycles. The summed E-state index contributed by atoms with van der Waals surface area (Å²) in [5, 5.41) is 12.2. The van der Waals surface area contributed by atoms with Gasteiger partial charge in [0.15, 0.2) is 0 Å². The summed E-state index contributed by atoms with van der Waals surface area (Å²) in [6.07, 6.45) is 4.67. The van der Waals surface area contributed by atoms with Gasteiger partial charge in [0.1, 0.15) is 0 Å². The van der Waals surface area contributed by atoms with Crippen LogP contribution in [-0.4, -0.2) is 29.8 Å². The zero-order valence-electron chi connectivity index (χ0n) is 11.4. The van der Waals surface area contributed by atoms with Crippen LogP contribution in [0.25, 0.3) is 0 Å². The zero-order valence-corrected chi connectivity index (χ0v) is 11.4. The van der Waals surface area contributed by atoms with E-state index in [-0.39, 0.29) is 5.41 Å². The average molecular weight is 250 g/mol. The molecule has 0 bridgehead atoms. The minimum absolute atomic E-state index is 0.277. The van der Waals surface area contributed by atoms with Gasteiger partial charge in [-0.2, -0.15) is 5.26 Å². The number of hydrogen-bond donors (Lipinski definition) is 1. The predicted octanol–water partition coefficient (Wildman–Crippen LogP) is 1.56. The highest BCUT2D eigenvalue weighted by atomic mass is 16.5. The zero-order chi connectivity index (χ0) is 13.4. The van der Waals surface area contributed by atoms with Crippen molar-refractivity contribution in [2.24, 2.45) is 5.41 Å². The third kappa shape index (κ3) is 5.30. The van der Waals surface area contributed by atoms with E-state index in [1.165, 1.54) is 0 Å². The van der Waals surface area contributed by atoms with Crippen LogP contribution in [0.2, 0.25) is 0 Å². The van der Waals surface area contributed by atoms with E-state index in [2.05, 4.69) is 16.4 Å². The van der Waals surface area contributed by atoms with Crippen molar-refractivity contribution >= 4 is 0 Å². The molecule has 5 nitrogen and oxygen atoms in total. The number of nitrogens with zero attached hydrogens (tertiary/aromatic N) is 3. The molecule has 0 spiro atoms. The molecule has 100 valence electrons. The highest BCUT2D eigenvalue weighted by molar-refractivity contribution is 4.97. The van der Waals surface area contributed by atoms with Crippen molar-refractivity contribution in [3.05, 3.63) is 18.2 Å². The minimum Gasteiger partial charge on any atom is -0.383 e. The van der Waals surface area contributed by atoms with E-state index in [4.69, 9.17) is 10.00 Å². The average Bonchev–Trinajstić information content (AvgIpc) is 2.80. The number of aryl methyl sites for hydroxylation is 1. The summed E-state index contributed by atoms with van der Waals surface area (Å²) in [6.45, 7) is 7.01. The second kappa shape index (κ2) is 7.14. The number of ether oxygens (including phenoxy) is 1. The van der Waals surface area contributed by atoms with Gasteiger partial charge in [0.25, 0.3) is 0 Å². The molecule has 0 saturated heterocycles. The third-order valence-corrected chi connectivity index (χ3v) is 2.77. The van der Waals surface area contributed by atoms with E-state index in [1.807, 2.05) is 30.9 Å². The number of aromatic nitrogens is 2. The van der Waals surface area contributed by atoms with Gasteiger partial charge in [-0.05, 0) is 20.3 Å². The van der Waals surface area contributed by atoms with Crippen molar-refractivity contribution < 1.29 is 4.74 Å². The topological polar surface area (TPSA) is 62.9 Å². The Morgan fingerprint density at radius 3 is 3.00 bits per heavy atom. The first-order valence-corrected chi connectivity index (χ1v) is 6.19. The second-order valence-corrected chi connectivity index (χ2v) is 5.02. The van der Waals surface area contributed by atoms with Crippen LogP contribution < -0.4 is 5.32 Å². The van der Waals surface area contributed by atoms with E-state index in [0.717, 1.165) is 31.7 Å². The van der Waals surface area contributed by atoms with Gasteiger partial charge in [0.05, 0.1) is 30.1 Å². The third-order valence-electron chi connectivity index (χ3n) is 2.77. The Kier molecular flexibility index (Phi) is 5.83. The molecule has 0 radical (unpaired) electrons. The molecule has 0 atom stereocenters. The van der Waals surface area contributed by atoms with Gasteiger partial charge >= 0.3 is 0 Å². The molecule has 1 aromatic heterocycles. The van der Waals surface area contributed by atoms with Crippen LogP contribution in [0.3, 0.4) is 0 Å². The summed E-state index contributed by atoms with van der Waals surface area (Å²) in [7, 11) is 1.69. The Morgan fingerprint density at radius 2 is 2.33 bits per heavy atom. The van der Waals surface area contributed by atoms with Gasteiger partial charge in [0, 0.05) is 32.9 Å². The summed E-state index contributed by atoms with van der Waals surface area (Å²) in [4.78, 5) is 4.32. The van der Waals surface area contributed by atoms with Gasteiger partial charge in [-0.3, -0.25) is 0 Å². The molecule has 1 heterocycles. The molecule has 18 heavy (non-hydrogen) atoms. The molecule has 0 aliphatic carbocycles. The Labute approximate surface area is 109 Å². The maximum absolute atomic E-state index is 8.95. The fraction of sp³-hybridized carbons (Fsp3) is 0.692. The monoisotopic (exact) mass is 250 g/mol. The van der Waals surface area contributed by atoms with Gasteiger partial charge in [-0.1, -0.05) is 0 Å². The maximum Gasteiger partial charge on any atom is 0.0949 e. The Morgan fingerprint density at radius 1 is 1.56 bits per heavy atom. The Bertz CT molecular complexity index is 392. The predicted molar refractivity (Wildman–Crippen MR) is 69.8 cm³/mol. The van der Waals surface area contributed by atoms with Crippen molar-refractivity contribution in [2.45, 2.75) is 33.4 Å². The van der Waals surface area contributed by atoms with Crippen LogP contribution in [0.15, 0.2) is 12.5 Å². The molecule has 0 aromatic carbocycles. The molecule has 0 aliphatic heterocycles. The number of methoxy groups -OCH3 is 1. The van der Waals surface area contributed by atoms with Crippen molar-refractivity contribution in [1.82, 2.24) is 14.9 Å². The highest BCUT2D eigenvalue weighted by Gasteiger charge is 2.16. The molecule has 1 rings (SSSR count). The van der Waals surface area contributed by atoms with Gasteiger partial charge in [0.2, 0.25) is 0 Å². The molecular weight excluding hydrogens is 228 g/mol. The first kappa shape index (κ1) is 14.7. The first-order chi connectivity index (χ1) is 8.57. The number of hydrogen-bond acceptors (Lipinski definition) is 4. The minimum atomic E-state index is -0.277. The molecular formula is C13H22N4O. The number of imidazole rings is 1. The van der Waals surface area contributed by atoms with Crippen LogP contribution >= 0.6 is 0 Å². The SMILES string of the molecule is COCCNCc1cn(CCC(C)(C)C#N)cn1. The fourth-order valence-electron chi connectivity index (χ4n) is 1.48. The maximum atomic E-state index is 8.95. The van der Waals surface area contributed by atoms with Crippen LogP contribution in [0.4, 0.5) is 0 Å². The number of rotatable bonds is 8. The largest absolute Gasteiger partial charge is 0.383 e. The lowest BCUT2D eigenvalue weighted by molar-refractivity contribution is 0.199. The van der Waals surface area contributed by atoms with E-state index >= 15 is 0 Å². The summed E-state index contributed by atoms with van der Waals surface area (Å²) >= 11 is 0. The van der Waals surface area contributed by atoms with E-state index in [1.54, 1.807) is 7.11 Å². The highest BCUT2D eigenvalue weighted by Crippen LogP contribution is 2.19. The molecule has 0 fully saturated rings. The molecule has 1 N–H and O–H groups in total. The van der Waals surface area contributed by atoms with E-state index in [0.29, 0.717) is 6.61 Å². The van der Waals surface area contributed by atoms with Crippen molar-refractivity contribution in [2.75, 3.05) is 20.3 Å².